The summed E-state index contributed by atoms with van der Waals surface area (Å²) in [5, 5.41) is 7.86. The lowest BCUT2D eigenvalue weighted by Gasteiger charge is -2.05. The minimum absolute atomic E-state index is 0.0398. The number of nitrogens with zero attached hydrogens (tertiary/aromatic N) is 4. The van der Waals surface area contributed by atoms with Crippen LogP contribution in [0.25, 0.3) is 11.4 Å². The quantitative estimate of drug-likeness (QED) is 0.581. The maximum absolute atomic E-state index is 12.1. The number of esters is 1. The molecule has 0 N–H and O–H groups in total. The number of hydrogen-bond donors (Lipinski definition) is 0. The highest BCUT2D eigenvalue weighted by atomic mass is 16.6. The van der Waals surface area contributed by atoms with Gasteiger partial charge in [0.2, 0.25) is 5.82 Å². The Balaban J connectivity index is 1.65. The molecule has 0 atom stereocenters. The number of carbonyl (C=O) groups excluding carboxylic acids is 1. The molecule has 0 fully saturated rings. The number of aryl methyl sites for hydroxylation is 1. The van der Waals surface area contributed by atoms with Crippen LogP contribution in [-0.2, 0) is 17.9 Å². The average Bonchev–Trinajstić information content (AvgIpc) is 3.17. The molecule has 0 amide bonds. The zero-order valence-electron chi connectivity index (χ0n) is 14.9. The van der Waals surface area contributed by atoms with Crippen LogP contribution in [0.4, 0.5) is 0 Å². The monoisotopic (exact) mass is 370 g/mol. The van der Waals surface area contributed by atoms with Crippen molar-refractivity contribution in [2.24, 2.45) is 0 Å². The summed E-state index contributed by atoms with van der Waals surface area (Å²) in [6, 6.07) is 9.76. The molecular formula is C18H18N4O5. The molecular weight excluding hydrogens is 352 g/mol. The van der Waals surface area contributed by atoms with E-state index in [0.29, 0.717) is 18.1 Å². The molecule has 27 heavy (non-hydrogen) atoms. The fourth-order valence-electron chi connectivity index (χ4n) is 2.30. The van der Waals surface area contributed by atoms with Crippen LogP contribution in [-0.4, -0.2) is 33.0 Å². The molecule has 0 saturated heterocycles. The van der Waals surface area contributed by atoms with E-state index in [-0.39, 0.29) is 23.8 Å². The van der Waals surface area contributed by atoms with E-state index in [9.17, 15) is 9.59 Å². The first-order valence-corrected chi connectivity index (χ1v) is 8.33. The second kappa shape index (κ2) is 8.26. The van der Waals surface area contributed by atoms with Crippen molar-refractivity contribution in [1.29, 1.82) is 0 Å². The van der Waals surface area contributed by atoms with E-state index in [4.69, 9.17) is 14.0 Å². The van der Waals surface area contributed by atoms with Crippen LogP contribution in [0.1, 0.15) is 29.7 Å². The Morgan fingerprint density at radius 3 is 2.67 bits per heavy atom. The molecule has 9 heteroatoms. The number of aromatic nitrogens is 4. The lowest BCUT2D eigenvalue weighted by atomic mass is 10.2. The zero-order valence-corrected chi connectivity index (χ0v) is 14.9. The largest absolute Gasteiger partial charge is 0.497 e. The summed E-state index contributed by atoms with van der Waals surface area (Å²) in [4.78, 5) is 28.0. The normalized spacial score (nSPS) is 10.6. The molecule has 0 unspecified atom stereocenters. The van der Waals surface area contributed by atoms with Crippen molar-refractivity contribution in [3.05, 3.63) is 58.3 Å². The van der Waals surface area contributed by atoms with E-state index in [1.807, 2.05) is 6.92 Å². The third-order valence-corrected chi connectivity index (χ3v) is 3.65. The van der Waals surface area contributed by atoms with Gasteiger partial charge in [0.1, 0.15) is 5.75 Å². The van der Waals surface area contributed by atoms with Crippen molar-refractivity contribution in [3.63, 3.8) is 0 Å². The number of benzene rings is 1. The first-order valence-electron chi connectivity index (χ1n) is 8.33. The fourth-order valence-corrected chi connectivity index (χ4v) is 2.30. The second-order valence-electron chi connectivity index (χ2n) is 5.60. The van der Waals surface area contributed by atoms with Gasteiger partial charge in [0.15, 0.2) is 12.3 Å². The Morgan fingerprint density at radius 1 is 1.19 bits per heavy atom. The zero-order chi connectivity index (χ0) is 19.2. The van der Waals surface area contributed by atoms with Crippen LogP contribution in [0.2, 0.25) is 0 Å². The molecule has 3 rings (SSSR count). The van der Waals surface area contributed by atoms with Crippen LogP contribution in [0.15, 0.2) is 45.7 Å². The van der Waals surface area contributed by atoms with Gasteiger partial charge in [0.05, 0.1) is 7.11 Å². The summed E-state index contributed by atoms with van der Waals surface area (Å²) in [5.74, 6) is 0.562. The highest BCUT2D eigenvalue weighted by Gasteiger charge is 2.14. The Hall–Kier alpha value is -3.49. The number of hydrogen-bond acceptors (Lipinski definition) is 8. The van der Waals surface area contributed by atoms with Gasteiger partial charge in [-0.15, -0.1) is 0 Å². The SMILES string of the molecule is CCCn1nc(C(=O)OCc2nc(-c3ccc(OC)cc3)no2)ccc1=O. The third-order valence-electron chi connectivity index (χ3n) is 3.65. The Bertz CT molecular complexity index is 978. The number of carbonyl (C=O) groups is 1. The Labute approximate surface area is 154 Å². The number of ether oxygens (including phenoxy) is 2. The molecule has 0 spiro atoms. The van der Waals surface area contributed by atoms with Gasteiger partial charge in [-0.05, 0) is 36.8 Å². The Kier molecular flexibility index (Phi) is 5.60. The van der Waals surface area contributed by atoms with E-state index >= 15 is 0 Å². The molecule has 0 saturated carbocycles. The van der Waals surface area contributed by atoms with E-state index in [1.54, 1.807) is 31.4 Å². The summed E-state index contributed by atoms with van der Waals surface area (Å²) in [6.07, 6.45) is 0.724. The van der Waals surface area contributed by atoms with Crippen LogP contribution in [0, 0.1) is 0 Å². The van der Waals surface area contributed by atoms with Crippen molar-refractivity contribution in [1.82, 2.24) is 19.9 Å². The van der Waals surface area contributed by atoms with Crippen LogP contribution in [0.3, 0.4) is 0 Å². The van der Waals surface area contributed by atoms with Crippen molar-refractivity contribution in [2.75, 3.05) is 7.11 Å². The van der Waals surface area contributed by atoms with Crippen LogP contribution < -0.4 is 10.3 Å². The number of methoxy groups -OCH3 is 1. The summed E-state index contributed by atoms with van der Waals surface area (Å²) in [5.41, 5.74) is 0.512. The van der Waals surface area contributed by atoms with E-state index in [2.05, 4.69) is 15.2 Å². The van der Waals surface area contributed by atoms with Gasteiger partial charge < -0.3 is 14.0 Å². The van der Waals surface area contributed by atoms with Crippen molar-refractivity contribution in [2.45, 2.75) is 26.5 Å². The smallest absolute Gasteiger partial charge is 0.359 e. The number of rotatable bonds is 7. The standard InChI is InChI=1S/C18H18N4O5/c1-3-10-22-16(23)9-8-14(20-22)18(24)26-11-15-19-17(21-27-15)12-4-6-13(25-2)7-5-12/h4-9H,3,10-11H2,1-2H3. The molecule has 9 nitrogen and oxygen atoms in total. The first kappa shape index (κ1) is 18.3. The van der Waals surface area contributed by atoms with Gasteiger partial charge >= 0.3 is 5.97 Å². The second-order valence-corrected chi connectivity index (χ2v) is 5.60. The van der Waals surface area contributed by atoms with Gasteiger partial charge in [-0.2, -0.15) is 10.1 Å². The van der Waals surface area contributed by atoms with Gasteiger partial charge in [-0.3, -0.25) is 4.79 Å². The summed E-state index contributed by atoms with van der Waals surface area (Å²) < 4.78 is 16.6. The molecule has 0 radical (unpaired) electrons. The average molecular weight is 370 g/mol. The van der Waals surface area contributed by atoms with Gasteiger partial charge in [0.25, 0.3) is 11.4 Å². The topological polar surface area (TPSA) is 109 Å². The molecule has 2 heterocycles. The lowest BCUT2D eigenvalue weighted by Crippen LogP contribution is -2.24. The first-order chi connectivity index (χ1) is 13.1. The van der Waals surface area contributed by atoms with E-state index in [0.717, 1.165) is 12.0 Å². The van der Waals surface area contributed by atoms with Crippen molar-refractivity contribution < 1.29 is 18.8 Å². The van der Waals surface area contributed by atoms with Crippen LogP contribution in [0.5, 0.6) is 5.75 Å². The molecule has 0 aliphatic rings. The van der Waals surface area contributed by atoms with E-state index in [1.165, 1.54) is 16.8 Å². The molecule has 0 aliphatic heterocycles. The molecule has 0 bridgehead atoms. The van der Waals surface area contributed by atoms with Gasteiger partial charge in [-0.1, -0.05) is 12.1 Å². The van der Waals surface area contributed by atoms with Gasteiger partial charge in [-0.25, -0.2) is 9.48 Å². The fraction of sp³-hybridized carbons (Fsp3) is 0.278. The molecule has 0 aliphatic carbocycles. The predicted octanol–water partition coefficient (Wildman–Crippen LogP) is 2.07. The highest BCUT2D eigenvalue weighted by molar-refractivity contribution is 5.86. The van der Waals surface area contributed by atoms with Crippen molar-refractivity contribution >= 4 is 5.97 Å². The molecule has 140 valence electrons. The lowest BCUT2D eigenvalue weighted by molar-refractivity contribution is 0.0419. The minimum Gasteiger partial charge on any atom is -0.497 e. The van der Waals surface area contributed by atoms with Crippen LogP contribution >= 0.6 is 0 Å². The van der Waals surface area contributed by atoms with E-state index < -0.39 is 5.97 Å². The van der Waals surface area contributed by atoms with Gasteiger partial charge in [0, 0.05) is 18.2 Å². The maximum Gasteiger partial charge on any atom is 0.359 e. The Morgan fingerprint density at radius 2 is 1.96 bits per heavy atom. The molecule has 2 aromatic heterocycles. The van der Waals surface area contributed by atoms with Crippen molar-refractivity contribution in [3.8, 4) is 17.1 Å². The minimum atomic E-state index is -0.677. The molecule has 3 aromatic rings. The highest BCUT2D eigenvalue weighted by Crippen LogP contribution is 2.19. The third kappa shape index (κ3) is 4.38. The summed E-state index contributed by atoms with van der Waals surface area (Å²) in [6.45, 7) is 2.14. The summed E-state index contributed by atoms with van der Waals surface area (Å²) in [7, 11) is 1.58. The predicted molar refractivity (Wildman–Crippen MR) is 94.2 cm³/mol. The molecule has 1 aromatic carbocycles. The summed E-state index contributed by atoms with van der Waals surface area (Å²) >= 11 is 0. The maximum atomic E-state index is 12.1.